The molecule has 1 aliphatic rings. The molecule has 1 aromatic heterocycles. The van der Waals surface area contributed by atoms with Gasteiger partial charge in [0.15, 0.2) is 11.5 Å². The average molecular weight is 342 g/mol. The fraction of sp³-hybridized carbons (Fsp3) is 0.389. The van der Waals surface area contributed by atoms with Crippen molar-refractivity contribution in [3.8, 4) is 5.75 Å². The van der Waals surface area contributed by atoms with E-state index >= 15 is 0 Å². The molecule has 0 saturated carbocycles. The van der Waals surface area contributed by atoms with Crippen LogP contribution in [0.3, 0.4) is 0 Å². The van der Waals surface area contributed by atoms with Crippen LogP contribution in [0.15, 0.2) is 36.4 Å². The molecule has 1 saturated heterocycles. The average Bonchev–Trinajstić information content (AvgIpc) is 2.64. The maximum Gasteiger partial charge on any atom is 0.274 e. The van der Waals surface area contributed by atoms with Gasteiger partial charge >= 0.3 is 0 Å². The summed E-state index contributed by atoms with van der Waals surface area (Å²) in [6.45, 7) is 6.24. The number of anilines is 2. The number of carbonyl (C=O) groups excluding carboxylic acids is 1. The predicted octanol–water partition coefficient (Wildman–Crippen LogP) is 2.48. The van der Waals surface area contributed by atoms with Gasteiger partial charge in [0.1, 0.15) is 5.75 Å². The Kier molecular flexibility index (Phi) is 5.45. The fourth-order valence-corrected chi connectivity index (χ4v) is 2.51. The molecule has 1 N–H and O–H groups in total. The Hall–Kier alpha value is -2.67. The molecule has 2 aromatic rings. The molecule has 0 spiro atoms. The van der Waals surface area contributed by atoms with Crippen LogP contribution in [0.5, 0.6) is 5.75 Å². The van der Waals surface area contributed by atoms with E-state index in [0.717, 1.165) is 11.4 Å². The zero-order valence-electron chi connectivity index (χ0n) is 14.4. The molecular formula is C18H22N4O3. The van der Waals surface area contributed by atoms with E-state index in [0.29, 0.717) is 37.8 Å². The number of benzene rings is 1. The van der Waals surface area contributed by atoms with Gasteiger partial charge in [-0.05, 0) is 38.1 Å². The summed E-state index contributed by atoms with van der Waals surface area (Å²) in [6.07, 6.45) is 0.0718. The summed E-state index contributed by atoms with van der Waals surface area (Å²) in [5.41, 5.74) is 1.14. The largest absolute Gasteiger partial charge is 0.489 e. The third kappa shape index (κ3) is 4.45. The highest BCUT2D eigenvalue weighted by molar-refractivity contribution is 5.92. The molecule has 3 rings (SSSR count). The van der Waals surface area contributed by atoms with Crippen molar-refractivity contribution in [3.63, 3.8) is 0 Å². The lowest BCUT2D eigenvalue weighted by Crippen LogP contribution is -2.41. The van der Waals surface area contributed by atoms with Gasteiger partial charge < -0.3 is 19.7 Å². The second-order valence-electron chi connectivity index (χ2n) is 6.00. The van der Waals surface area contributed by atoms with Crippen molar-refractivity contribution in [3.05, 3.63) is 42.1 Å². The van der Waals surface area contributed by atoms with Crippen molar-refractivity contribution in [1.29, 1.82) is 0 Å². The highest BCUT2D eigenvalue weighted by Crippen LogP contribution is 2.27. The van der Waals surface area contributed by atoms with Crippen LogP contribution < -0.4 is 10.1 Å². The van der Waals surface area contributed by atoms with Gasteiger partial charge in [0.05, 0.1) is 25.0 Å². The zero-order valence-corrected chi connectivity index (χ0v) is 14.4. The number of morpholine rings is 1. The number of hydrogen-bond acceptors (Lipinski definition) is 6. The first-order valence-corrected chi connectivity index (χ1v) is 8.37. The normalized spacial score (nSPS) is 14.4. The molecule has 0 unspecified atom stereocenters. The molecular weight excluding hydrogens is 320 g/mol. The summed E-state index contributed by atoms with van der Waals surface area (Å²) in [4.78, 5) is 14.1. The van der Waals surface area contributed by atoms with E-state index in [-0.39, 0.29) is 12.0 Å². The van der Waals surface area contributed by atoms with E-state index in [9.17, 15) is 4.79 Å². The van der Waals surface area contributed by atoms with E-state index in [1.54, 1.807) is 17.0 Å². The van der Waals surface area contributed by atoms with Gasteiger partial charge in [-0.3, -0.25) is 4.79 Å². The third-order valence-corrected chi connectivity index (χ3v) is 3.69. The summed E-state index contributed by atoms with van der Waals surface area (Å²) in [7, 11) is 0. The number of nitrogens with zero attached hydrogens (tertiary/aromatic N) is 3. The van der Waals surface area contributed by atoms with E-state index in [4.69, 9.17) is 9.47 Å². The Morgan fingerprint density at radius 3 is 2.60 bits per heavy atom. The number of rotatable bonds is 5. The van der Waals surface area contributed by atoms with Gasteiger partial charge in [-0.25, -0.2) is 0 Å². The summed E-state index contributed by atoms with van der Waals surface area (Å²) in [6, 6.07) is 11.1. The summed E-state index contributed by atoms with van der Waals surface area (Å²) >= 11 is 0. The first-order valence-electron chi connectivity index (χ1n) is 8.37. The first-order chi connectivity index (χ1) is 12.1. The molecule has 1 amide bonds. The topological polar surface area (TPSA) is 76.6 Å². The van der Waals surface area contributed by atoms with E-state index in [2.05, 4.69) is 15.5 Å². The molecule has 1 aromatic carbocycles. The summed E-state index contributed by atoms with van der Waals surface area (Å²) in [5.74, 6) is 1.18. The number of para-hydroxylation sites is 2. The zero-order chi connectivity index (χ0) is 17.6. The van der Waals surface area contributed by atoms with Crippen molar-refractivity contribution < 1.29 is 14.3 Å². The number of hydrogen-bond donors (Lipinski definition) is 1. The smallest absolute Gasteiger partial charge is 0.274 e. The van der Waals surface area contributed by atoms with Crippen molar-refractivity contribution in [1.82, 2.24) is 15.1 Å². The lowest BCUT2D eigenvalue weighted by atomic mass is 10.2. The van der Waals surface area contributed by atoms with E-state index in [1.165, 1.54) is 0 Å². The monoisotopic (exact) mass is 342 g/mol. The van der Waals surface area contributed by atoms with Crippen LogP contribution in [0.25, 0.3) is 0 Å². The summed E-state index contributed by atoms with van der Waals surface area (Å²) in [5, 5.41) is 11.4. The first kappa shape index (κ1) is 17.2. The number of carbonyl (C=O) groups is 1. The molecule has 0 bridgehead atoms. The highest BCUT2D eigenvalue weighted by Gasteiger charge is 2.20. The maximum atomic E-state index is 12.4. The van der Waals surface area contributed by atoms with E-state index in [1.807, 2.05) is 38.1 Å². The molecule has 0 radical (unpaired) electrons. The molecule has 25 heavy (non-hydrogen) atoms. The predicted molar refractivity (Wildman–Crippen MR) is 94.2 cm³/mol. The standard InChI is InChI=1S/C18H22N4O3/c1-13(2)25-16-6-4-3-5-14(16)19-17-8-7-15(20-21-17)18(23)22-9-11-24-12-10-22/h3-8,13H,9-12H2,1-2H3,(H,19,21). The molecule has 7 nitrogen and oxygen atoms in total. The Morgan fingerprint density at radius 1 is 1.16 bits per heavy atom. The molecule has 1 aliphatic heterocycles. The second-order valence-corrected chi connectivity index (χ2v) is 6.00. The maximum absolute atomic E-state index is 12.4. The van der Waals surface area contributed by atoms with Crippen molar-refractivity contribution in [2.75, 3.05) is 31.6 Å². The third-order valence-electron chi connectivity index (χ3n) is 3.69. The fourth-order valence-electron chi connectivity index (χ4n) is 2.51. The van der Waals surface area contributed by atoms with Crippen LogP contribution in [-0.2, 0) is 4.74 Å². The highest BCUT2D eigenvalue weighted by atomic mass is 16.5. The van der Waals surface area contributed by atoms with Gasteiger partial charge in [-0.15, -0.1) is 10.2 Å². The van der Waals surface area contributed by atoms with Crippen LogP contribution in [0.1, 0.15) is 24.3 Å². The van der Waals surface area contributed by atoms with Crippen molar-refractivity contribution >= 4 is 17.4 Å². The Bertz CT molecular complexity index is 713. The number of amides is 1. The number of aromatic nitrogens is 2. The van der Waals surface area contributed by atoms with Gasteiger partial charge in [-0.2, -0.15) is 0 Å². The van der Waals surface area contributed by atoms with Crippen molar-refractivity contribution in [2.45, 2.75) is 20.0 Å². The minimum absolute atomic E-state index is 0.0718. The molecule has 0 atom stereocenters. The number of nitrogens with one attached hydrogen (secondary N) is 1. The quantitative estimate of drug-likeness (QED) is 0.899. The van der Waals surface area contributed by atoms with Crippen LogP contribution >= 0.6 is 0 Å². The van der Waals surface area contributed by atoms with Crippen LogP contribution in [-0.4, -0.2) is 53.4 Å². The Morgan fingerprint density at radius 2 is 1.92 bits per heavy atom. The molecule has 1 fully saturated rings. The molecule has 2 heterocycles. The Labute approximate surface area is 147 Å². The number of ether oxygens (including phenoxy) is 2. The summed E-state index contributed by atoms with van der Waals surface area (Å²) < 4.78 is 11.0. The van der Waals surface area contributed by atoms with Gasteiger partial charge in [0.2, 0.25) is 0 Å². The lowest BCUT2D eigenvalue weighted by molar-refractivity contribution is 0.0298. The SMILES string of the molecule is CC(C)Oc1ccccc1Nc1ccc(C(=O)N2CCOCC2)nn1. The molecule has 132 valence electrons. The molecule has 7 heteroatoms. The van der Waals surface area contributed by atoms with Gasteiger partial charge in [0.25, 0.3) is 5.91 Å². The van der Waals surface area contributed by atoms with Crippen LogP contribution in [0, 0.1) is 0 Å². The lowest BCUT2D eigenvalue weighted by Gasteiger charge is -2.26. The minimum atomic E-state index is -0.120. The second kappa shape index (κ2) is 7.94. The Balaban J connectivity index is 1.70. The van der Waals surface area contributed by atoms with Crippen molar-refractivity contribution in [2.24, 2.45) is 0 Å². The van der Waals surface area contributed by atoms with Crippen LogP contribution in [0.2, 0.25) is 0 Å². The van der Waals surface area contributed by atoms with Gasteiger partial charge in [-0.1, -0.05) is 12.1 Å². The van der Waals surface area contributed by atoms with E-state index < -0.39 is 0 Å². The van der Waals surface area contributed by atoms with Gasteiger partial charge in [0, 0.05) is 13.1 Å². The molecule has 0 aliphatic carbocycles. The van der Waals surface area contributed by atoms with Crippen LogP contribution in [0.4, 0.5) is 11.5 Å². The minimum Gasteiger partial charge on any atom is -0.489 e.